The Morgan fingerprint density at radius 2 is 1.84 bits per heavy atom. The summed E-state index contributed by atoms with van der Waals surface area (Å²) >= 11 is 0. The zero-order valence-electron chi connectivity index (χ0n) is 17.4. The third-order valence-electron chi connectivity index (χ3n) is 5.37. The minimum absolute atomic E-state index is 0.0686. The summed E-state index contributed by atoms with van der Waals surface area (Å²) in [5.74, 6) is -2.18. The second-order valence-electron chi connectivity index (χ2n) is 7.52. The number of benzene rings is 2. The fourth-order valence-electron chi connectivity index (χ4n) is 3.80. The zero-order chi connectivity index (χ0) is 23.0. The molecule has 4 rings (SSSR count). The molecule has 1 fully saturated rings. The maximum Gasteiger partial charge on any atom is 0.300 e. The molecule has 0 aliphatic carbocycles. The van der Waals surface area contributed by atoms with Crippen LogP contribution in [-0.4, -0.2) is 26.7 Å². The van der Waals surface area contributed by atoms with E-state index in [-0.39, 0.29) is 16.8 Å². The summed E-state index contributed by atoms with van der Waals surface area (Å²) in [5.41, 5.74) is 2.24. The average Bonchev–Trinajstić information content (AvgIpc) is 3.06. The lowest BCUT2D eigenvalue weighted by molar-refractivity contribution is -0.384. The first-order valence-electron chi connectivity index (χ1n) is 9.83. The fourth-order valence-corrected chi connectivity index (χ4v) is 3.80. The van der Waals surface area contributed by atoms with E-state index in [0.717, 1.165) is 17.2 Å². The molecule has 32 heavy (non-hydrogen) atoms. The second-order valence-corrected chi connectivity index (χ2v) is 7.52. The number of amides is 1. The molecule has 1 aliphatic heterocycles. The molecular formula is C24H19N3O5. The molecule has 1 amide bonds. The number of anilines is 1. The normalized spacial score (nSPS) is 17.6. The number of non-ortho nitro benzene ring substituents is 1. The van der Waals surface area contributed by atoms with Gasteiger partial charge in [0.25, 0.3) is 17.4 Å². The van der Waals surface area contributed by atoms with Crippen molar-refractivity contribution in [2.45, 2.75) is 19.9 Å². The SMILES string of the molecule is Cc1ccc(C)c(N2C(=O)C(=O)/C(=C(\O)c3cccc([N+](=O)[O-])c3)C2c2ccccn2)c1. The van der Waals surface area contributed by atoms with E-state index in [2.05, 4.69) is 4.98 Å². The Hall–Kier alpha value is -4.33. The number of carbonyl (C=O) groups excluding carboxylic acids is 2. The Bertz CT molecular complexity index is 1280. The second kappa shape index (κ2) is 8.07. The number of ketones is 1. The van der Waals surface area contributed by atoms with Gasteiger partial charge < -0.3 is 5.11 Å². The van der Waals surface area contributed by atoms with Crippen molar-refractivity contribution in [1.29, 1.82) is 0 Å². The Morgan fingerprint density at radius 1 is 1.06 bits per heavy atom. The fraction of sp³-hybridized carbons (Fsp3) is 0.125. The summed E-state index contributed by atoms with van der Waals surface area (Å²) in [4.78, 5) is 42.5. The average molecular weight is 429 g/mol. The summed E-state index contributed by atoms with van der Waals surface area (Å²) in [7, 11) is 0. The monoisotopic (exact) mass is 429 g/mol. The number of aryl methyl sites for hydroxylation is 2. The molecule has 2 aromatic carbocycles. The van der Waals surface area contributed by atoms with Crippen molar-refractivity contribution in [2.24, 2.45) is 0 Å². The van der Waals surface area contributed by atoms with E-state index in [1.165, 1.54) is 29.3 Å². The lowest BCUT2D eigenvalue weighted by Crippen LogP contribution is -2.30. The van der Waals surface area contributed by atoms with Crippen molar-refractivity contribution in [2.75, 3.05) is 4.90 Å². The highest BCUT2D eigenvalue weighted by Gasteiger charge is 2.48. The van der Waals surface area contributed by atoms with Gasteiger partial charge in [0.2, 0.25) is 0 Å². The van der Waals surface area contributed by atoms with Crippen LogP contribution in [0.4, 0.5) is 11.4 Å². The first kappa shape index (κ1) is 20.9. The summed E-state index contributed by atoms with van der Waals surface area (Å²) < 4.78 is 0. The maximum atomic E-state index is 13.2. The van der Waals surface area contributed by atoms with Gasteiger partial charge in [0, 0.05) is 29.6 Å². The van der Waals surface area contributed by atoms with Crippen LogP contribution < -0.4 is 4.90 Å². The van der Waals surface area contributed by atoms with Crippen LogP contribution in [-0.2, 0) is 9.59 Å². The number of carbonyl (C=O) groups is 2. The first-order valence-corrected chi connectivity index (χ1v) is 9.83. The molecule has 0 saturated carbocycles. The molecule has 1 aliphatic rings. The molecule has 8 heteroatoms. The van der Waals surface area contributed by atoms with Crippen LogP contribution in [0, 0.1) is 24.0 Å². The summed E-state index contributed by atoms with van der Waals surface area (Å²) in [6, 6.07) is 14.9. The van der Waals surface area contributed by atoms with E-state index >= 15 is 0 Å². The molecule has 1 saturated heterocycles. The van der Waals surface area contributed by atoms with Crippen molar-refractivity contribution < 1.29 is 19.6 Å². The van der Waals surface area contributed by atoms with Gasteiger partial charge >= 0.3 is 0 Å². The third kappa shape index (κ3) is 3.51. The molecule has 0 spiro atoms. The number of pyridine rings is 1. The van der Waals surface area contributed by atoms with Gasteiger partial charge in [-0.1, -0.05) is 30.3 Å². The number of rotatable bonds is 4. The Labute approximate surface area is 183 Å². The number of nitro groups is 1. The van der Waals surface area contributed by atoms with E-state index in [1.807, 2.05) is 26.0 Å². The van der Waals surface area contributed by atoms with Gasteiger partial charge in [-0.3, -0.25) is 29.6 Å². The molecule has 2 heterocycles. The van der Waals surface area contributed by atoms with Crippen LogP contribution in [0.5, 0.6) is 0 Å². The topological polar surface area (TPSA) is 114 Å². The lowest BCUT2D eigenvalue weighted by atomic mass is 9.97. The third-order valence-corrected chi connectivity index (χ3v) is 5.37. The van der Waals surface area contributed by atoms with Gasteiger partial charge in [0.15, 0.2) is 0 Å². The molecule has 0 radical (unpaired) electrons. The minimum Gasteiger partial charge on any atom is -0.507 e. The summed E-state index contributed by atoms with van der Waals surface area (Å²) in [5, 5.41) is 22.2. The predicted octanol–water partition coefficient (Wildman–Crippen LogP) is 4.23. The van der Waals surface area contributed by atoms with Gasteiger partial charge in [0.05, 0.1) is 16.2 Å². The Balaban J connectivity index is 1.97. The minimum atomic E-state index is -0.990. The number of nitrogens with zero attached hydrogens (tertiary/aromatic N) is 3. The molecule has 3 aromatic rings. The molecule has 160 valence electrons. The van der Waals surface area contributed by atoms with Gasteiger partial charge in [-0.25, -0.2) is 0 Å². The Morgan fingerprint density at radius 3 is 2.53 bits per heavy atom. The molecule has 1 atom stereocenters. The van der Waals surface area contributed by atoms with Crippen LogP contribution in [0.3, 0.4) is 0 Å². The number of aromatic nitrogens is 1. The van der Waals surface area contributed by atoms with Crippen molar-refractivity contribution in [3.63, 3.8) is 0 Å². The molecule has 1 aromatic heterocycles. The first-order chi connectivity index (χ1) is 15.3. The molecular weight excluding hydrogens is 410 g/mol. The number of aliphatic hydroxyl groups excluding tert-OH is 1. The zero-order valence-corrected chi connectivity index (χ0v) is 17.4. The van der Waals surface area contributed by atoms with Crippen molar-refractivity contribution in [1.82, 2.24) is 4.98 Å². The van der Waals surface area contributed by atoms with Gasteiger partial charge in [-0.05, 0) is 43.2 Å². The number of hydrogen-bond acceptors (Lipinski definition) is 6. The smallest absolute Gasteiger partial charge is 0.300 e. The predicted molar refractivity (Wildman–Crippen MR) is 118 cm³/mol. The van der Waals surface area contributed by atoms with Crippen LogP contribution in [0.15, 0.2) is 72.4 Å². The molecule has 0 bridgehead atoms. The van der Waals surface area contributed by atoms with Crippen LogP contribution >= 0.6 is 0 Å². The highest BCUT2D eigenvalue weighted by molar-refractivity contribution is 6.51. The van der Waals surface area contributed by atoms with Gasteiger partial charge in [-0.2, -0.15) is 0 Å². The molecule has 1 N–H and O–H groups in total. The number of Topliss-reactive ketones (excluding diaryl/α,β-unsaturated/α-hetero) is 1. The Kier molecular flexibility index (Phi) is 5.28. The van der Waals surface area contributed by atoms with Crippen LogP contribution in [0.2, 0.25) is 0 Å². The van der Waals surface area contributed by atoms with E-state index in [0.29, 0.717) is 11.4 Å². The highest BCUT2D eigenvalue weighted by atomic mass is 16.6. The molecule has 8 nitrogen and oxygen atoms in total. The van der Waals surface area contributed by atoms with Gasteiger partial charge in [0.1, 0.15) is 11.8 Å². The number of nitro benzene ring substituents is 1. The van der Waals surface area contributed by atoms with Gasteiger partial charge in [-0.15, -0.1) is 0 Å². The van der Waals surface area contributed by atoms with Crippen LogP contribution in [0.25, 0.3) is 5.76 Å². The van der Waals surface area contributed by atoms with Crippen molar-refractivity contribution in [3.8, 4) is 0 Å². The van der Waals surface area contributed by atoms with Crippen molar-refractivity contribution in [3.05, 3.63) is 105 Å². The van der Waals surface area contributed by atoms with Crippen molar-refractivity contribution >= 4 is 28.8 Å². The lowest BCUT2D eigenvalue weighted by Gasteiger charge is -2.26. The standard InChI is InChI=1S/C24H19N3O5/c1-14-9-10-15(2)19(12-14)26-21(18-8-3-4-11-25-18)20(23(29)24(26)30)22(28)16-6-5-7-17(13-16)27(31)32/h3-13,21,28H,1-2H3/b22-20-. The highest BCUT2D eigenvalue weighted by Crippen LogP contribution is 2.42. The quantitative estimate of drug-likeness (QED) is 0.218. The summed E-state index contributed by atoms with van der Waals surface area (Å²) in [6.07, 6.45) is 1.53. The van der Waals surface area contributed by atoms with E-state index in [9.17, 15) is 24.8 Å². The summed E-state index contributed by atoms with van der Waals surface area (Å²) in [6.45, 7) is 3.70. The van der Waals surface area contributed by atoms with E-state index in [4.69, 9.17) is 0 Å². The maximum absolute atomic E-state index is 13.2. The number of aliphatic hydroxyl groups is 1. The largest absolute Gasteiger partial charge is 0.507 e. The molecule has 1 unspecified atom stereocenters. The number of hydrogen-bond donors (Lipinski definition) is 1. The van der Waals surface area contributed by atoms with Crippen LogP contribution in [0.1, 0.15) is 28.4 Å². The van der Waals surface area contributed by atoms with E-state index in [1.54, 1.807) is 24.3 Å². The van der Waals surface area contributed by atoms with E-state index < -0.39 is 28.4 Å².